The second kappa shape index (κ2) is 13.6. The maximum absolute atomic E-state index is 2.50. The van der Waals surface area contributed by atoms with E-state index >= 15 is 0 Å². The van der Waals surface area contributed by atoms with Crippen molar-refractivity contribution >= 4 is 43.4 Å². The highest BCUT2D eigenvalue weighted by molar-refractivity contribution is 7.58. The lowest BCUT2D eigenvalue weighted by Gasteiger charge is -2.39. The summed E-state index contributed by atoms with van der Waals surface area (Å²) in [4.78, 5) is 0. The molecule has 43 heavy (non-hydrogen) atoms. The van der Waals surface area contributed by atoms with Crippen molar-refractivity contribution in [1.82, 2.24) is 0 Å². The van der Waals surface area contributed by atoms with Gasteiger partial charge in [-0.2, -0.15) is 0 Å². The van der Waals surface area contributed by atoms with Crippen LogP contribution in [-0.4, -0.2) is 11.3 Å². The molecule has 0 bridgehead atoms. The van der Waals surface area contributed by atoms with Gasteiger partial charge >= 0.3 is 0 Å². The molecule has 2 heteroatoms. The normalized spacial score (nSPS) is 17.1. The molecular weight excluding hydrogens is 554 g/mol. The van der Waals surface area contributed by atoms with Crippen LogP contribution in [0.25, 0.3) is 32.7 Å². The van der Waals surface area contributed by atoms with Gasteiger partial charge in [-0.25, -0.2) is 0 Å². The van der Waals surface area contributed by atoms with E-state index in [0.29, 0.717) is 0 Å². The number of aryl methyl sites for hydroxylation is 1. The van der Waals surface area contributed by atoms with Gasteiger partial charge in [0.25, 0.3) is 0 Å². The van der Waals surface area contributed by atoms with Gasteiger partial charge in [0, 0.05) is 0 Å². The first kappa shape index (κ1) is 29.2. The molecule has 2 saturated carbocycles. The third-order valence-electron chi connectivity index (χ3n) is 10.3. The van der Waals surface area contributed by atoms with Gasteiger partial charge in [-0.15, -0.1) is 0 Å². The van der Waals surface area contributed by atoms with E-state index in [0.717, 1.165) is 26.1 Å². The van der Waals surface area contributed by atoms with E-state index < -0.39 is 0 Å². The van der Waals surface area contributed by atoms with E-state index in [9.17, 15) is 0 Å². The summed E-state index contributed by atoms with van der Waals surface area (Å²) in [5, 5.41) is 7.04. The second-order valence-corrected chi connectivity index (χ2v) is 17.1. The van der Waals surface area contributed by atoms with Gasteiger partial charge in [0.15, 0.2) is 0 Å². The highest BCUT2D eigenvalue weighted by Crippen LogP contribution is 2.57. The van der Waals surface area contributed by atoms with E-state index in [4.69, 9.17) is 0 Å². The van der Waals surface area contributed by atoms with E-state index in [1.165, 1.54) is 114 Å². The predicted molar refractivity (Wildman–Crippen MR) is 194 cm³/mol. The van der Waals surface area contributed by atoms with Gasteiger partial charge in [0.2, 0.25) is 0 Å². The smallest absolute Gasteiger partial charge is 0.00537 e. The van der Waals surface area contributed by atoms with Gasteiger partial charge in [-0.3, -0.25) is 0 Å². The van der Waals surface area contributed by atoms with Gasteiger partial charge < -0.3 is 0 Å². The fourth-order valence-electron chi connectivity index (χ4n) is 8.07. The summed E-state index contributed by atoms with van der Waals surface area (Å²) in [5.74, 6) is 0. The molecule has 0 N–H and O–H groups in total. The van der Waals surface area contributed by atoms with Crippen molar-refractivity contribution < 1.29 is 0 Å². The Balaban J connectivity index is 1.24. The van der Waals surface area contributed by atoms with Gasteiger partial charge in [0.1, 0.15) is 0 Å². The Kier molecular flexibility index (Phi) is 9.26. The van der Waals surface area contributed by atoms with Crippen molar-refractivity contribution in [2.24, 2.45) is 0 Å². The third kappa shape index (κ3) is 6.35. The van der Waals surface area contributed by atoms with Crippen molar-refractivity contribution in [1.29, 1.82) is 0 Å². The molecule has 5 aromatic rings. The lowest BCUT2D eigenvalue weighted by Crippen LogP contribution is -2.22. The average Bonchev–Trinajstić information content (AvgIpc) is 3.07. The Morgan fingerprint density at radius 3 is 1.79 bits per heavy atom. The lowest BCUT2D eigenvalue weighted by molar-refractivity contribution is 0.484. The fraction of sp³-hybridized carbons (Fsp3) is 0.366. The Hall–Kier alpha value is -2.52. The maximum atomic E-state index is 2.50. The molecule has 220 valence electrons. The van der Waals surface area contributed by atoms with Gasteiger partial charge in [-0.1, -0.05) is 152 Å². The van der Waals surface area contributed by atoms with Crippen LogP contribution in [0.2, 0.25) is 0 Å². The molecule has 0 radical (unpaired) electrons. The van der Waals surface area contributed by atoms with Crippen molar-refractivity contribution in [2.75, 3.05) is 0 Å². The Morgan fingerprint density at radius 2 is 1.12 bits per heavy atom. The fourth-order valence-corrected chi connectivity index (χ4v) is 13.3. The molecule has 0 heterocycles. The van der Waals surface area contributed by atoms with Crippen LogP contribution in [0, 0.1) is 6.92 Å². The summed E-state index contributed by atoms with van der Waals surface area (Å²) in [7, 11) is 0.855. The van der Waals surface area contributed by atoms with E-state index in [-0.39, 0.29) is 7.92 Å². The maximum Gasteiger partial charge on any atom is -0.00537 e. The lowest BCUT2D eigenvalue weighted by atomic mass is 9.88. The number of hydrogen-bond acceptors (Lipinski definition) is 0. The monoisotopic (exact) mass is 600 g/mol. The zero-order valence-electron chi connectivity index (χ0n) is 25.8. The number of rotatable bonds is 8. The van der Waals surface area contributed by atoms with E-state index in [2.05, 4.69) is 104 Å². The number of hydrogen-bond donors (Lipinski definition) is 0. The standard InChI is InChI=1S/C41H46P2/c1-30-24-25-31-14-8-11-21-37(31)40(30)41-33(27-26-32-15-9-12-22-38(32)41)28-42-39-23-13-10-16-34(39)29-43(35-17-4-2-5-18-35)36-19-6-3-7-20-36/h8-16,21-27,35-36,42H,2-7,17-20,28-29H2,1H3. The summed E-state index contributed by atoms with van der Waals surface area (Å²) in [5.41, 5.74) is 9.41. The summed E-state index contributed by atoms with van der Waals surface area (Å²) in [6.07, 6.45) is 17.3. The van der Waals surface area contributed by atoms with Gasteiger partial charge in [-0.05, 0) is 111 Å². The molecule has 0 amide bonds. The molecule has 2 aliphatic rings. The first-order chi connectivity index (χ1) is 21.3. The first-order valence-corrected chi connectivity index (χ1v) is 19.7. The molecule has 0 spiro atoms. The van der Waals surface area contributed by atoms with Crippen LogP contribution >= 0.6 is 16.5 Å². The number of fused-ring (bicyclic) bond motifs is 2. The molecule has 7 rings (SSSR count). The minimum absolute atomic E-state index is 0.0599. The predicted octanol–water partition coefficient (Wildman–Crippen LogP) is 12.1. The van der Waals surface area contributed by atoms with Crippen LogP contribution in [0.5, 0.6) is 0 Å². The van der Waals surface area contributed by atoms with Gasteiger partial charge in [0.05, 0.1) is 0 Å². The summed E-state index contributed by atoms with van der Waals surface area (Å²) >= 11 is 0. The molecule has 1 unspecified atom stereocenters. The van der Waals surface area contributed by atoms with Crippen molar-refractivity contribution in [2.45, 2.75) is 94.8 Å². The summed E-state index contributed by atoms with van der Waals surface area (Å²) in [6, 6.07) is 36.9. The average molecular weight is 601 g/mol. The molecular formula is C41H46P2. The van der Waals surface area contributed by atoms with Crippen LogP contribution in [0.1, 0.15) is 80.9 Å². The zero-order valence-corrected chi connectivity index (χ0v) is 27.7. The Labute approximate surface area is 262 Å². The van der Waals surface area contributed by atoms with Crippen molar-refractivity contribution in [3.05, 3.63) is 114 Å². The first-order valence-electron chi connectivity index (χ1n) is 16.8. The SMILES string of the molecule is Cc1ccc2ccccc2c1-c1c(CPc2ccccc2CP(C2CCCCC2)C2CCCCC2)ccc2ccccc12. The number of benzene rings is 5. The molecule has 0 aliphatic heterocycles. The molecule has 0 saturated heterocycles. The van der Waals surface area contributed by atoms with Crippen molar-refractivity contribution in [3.63, 3.8) is 0 Å². The molecule has 1 atom stereocenters. The Bertz CT molecular complexity index is 1670. The highest BCUT2D eigenvalue weighted by Gasteiger charge is 2.31. The van der Waals surface area contributed by atoms with Crippen LogP contribution in [0.4, 0.5) is 0 Å². The molecule has 2 aliphatic carbocycles. The van der Waals surface area contributed by atoms with Crippen molar-refractivity contribution in [3.8, 4) is 11.1 Å². The van der Waals surface area contributed by atoms with E-state index in [1.807, 2.05) is 0 Å². The minimum Gasteiger partial charge on any atom is -0.0958 e. The largest absolute Gasteiger partial charge is 0.0958 e. The van der Waals surface area contributed by atoms with Crippen LogP contribution in [-0.2, 0) is 12.3 Å². The quantitative estimate of drug-likeness (QED) is 0.155. The van der Waals surface area contributed by atoms with Crippen LogP contribution in [0.15, 0.2) is 97.1 Å². The summed E-state index contributed by atoms with van der Waals surface area (Å²) in [6.45, 7) is 2.30. The minimum atomic E-state index is 0.0599. The summed E-state index contributed by atoms with van der Waals surface area (Å²) < 4.78 is 0. The molecule has 2 fully saturated rings. The molecule has 0 nitrogen and oxygen atoms in total. The second-order valence-electron chi connectivity index (χ2n) is 13.1. The molecule has 0 aromatic heterocycles. The highest BCUT2D eigenvalue weighted by atomic mass is 31.1. The topological polar surface area (TPSA) is 0 Å². The molecule has 5 aromatic carbocycles. The third-order valence-corrected chi connectivity index (χ3v) is 15.4. The van der Waals surface area contributed by atoms with Crippen LogP contribution < -0.4 is 5.30 Å². The Morgan fingerprint density at radius 1 is 0.558 bits per heavy atom. The zero-order chi connectivity index (χ0) is 29.0. The van der Waals surface area contributed by atoms with Crippen LogP contribution in [0.3, 0.4) is 0 Å². The van der Waals surface area contributed by atoms with E-state index in [1.54, 1.807) is 10.9 Å².